The Morgan fingerprint density at radius 2 is 2.03 bits per heavy atom. The quantitative estimate of drug-likeness (QED) is 0.322. The maximum absolute atomic E-state index is 12.4. The fourth-order valence-corrected chi connectivity index (χ4v) is 4.14. The zero-order valence-corrected chi connectivity index (χ0v) is 18.5. The summed E-state index contributed by atoms with van der Waals surface area (Å²) in [5.41, 5.74) is 2.20. The molecule has 0 aliphatic carbocycles. The monoisotopic (exact) mass is 468 g/mol. The molecule has 7 nitrogen and oxygen atoms in total. The van der Waals surface area contributed by atoms with Gasteiger partial charge in [0.05, 0.1) is 12.1 Å². The van der Waals surface area contributed by atoms with Crippen LogP contribution in [0.4, 0.5) is 5.69 Å². The minimum absolute atomic E-state index is 0.00309. The minimum atomic E-state index is -0.575. The summed E-state index contributed by atoms with van der Waals surface area (Å²) in [6, 6.07) is 13.6. The first-order valence-electron chi connectivity index (χ1n) is 9.58. The van der Waals surface area contributed by atoms with Crippen molar-refractivity contribution in [1.82, 2.24) is 4.98 Å². The summed E-state index contributed by atoms with van der Waals surface area (Å²) >= 11 is 7.44. The Hall–Kier alpha value is -3.49. The number of nitrogens with one attached hydrogen (secondary N) is 1. The van der Waals surface area contributed by atoms with E-state index in [0.717, 1.165) is 10.6 Å². The smallest absolute Gasteiger partial charge is 0.336 e. The summed E-state index contributed by atoms with van der Waals surface area (Å²) in [4.78, 5) is 40.0. The number of hydrogen-bond donors (Lipinski definition) is 1. The standard InChI is InChI=1S/C23H17ClN2O5S/c1-13(27)25-17-5-6-19-15(8-22(29)31-20(19)9-17)11-30-21(28)10-18-12-32-23(26-18)14-3-2-4-16(24)7-14/h2-9,12H,10-11H2,1H3,(H,25,27). The van der Waals surface area contributed by atoms with Gasteiger partial charge in [0.2, 0.25) is 5.91 Å². The summed E-state index contributed by atoms with van der Waals surface area (Å²) in [5.74, 6) is -0.707. The molecule has 2 aromatic carbocycles. The van der Waals surface area contributed by atoms with E-state index in [1.807, 2.05) is 18.2 Å². The Morgan fingerprint density at radius 1 is 1.19 bits per heavy atom. The van der Waals surface area contributed by atoms with Gasteiger partial charge in [0.15, 0.2) is 0 Å². The van der Waals surface area contributed by atoms with Gasteiger partial charge in [-0.2, -0.15) is 0 Å². The Kier molecular flexibility index (Phi) is 6.34. The van der Waals surface area contributed by atoms with E-state index in [-0.39, 0.29) is 18.9 Å². The Bertz CT molecular complexity index is 1380. The predicted octanol–water partition coefficient (Wildman–Crippen LogP) is 4.81. The topological polar surface area (TPSA) is 98.5 Å². The molecule has 32 heavy (non-hydrogen) atoms. The van der Waals surface area contributed by atoms with E-state index in [9.17, 15) is 14.4 Å². The number of anilines is 1. The fraction of sp³-hybridized carbons (Fsp3) is 0.130. The van der Waals surface area contributed by atoms with Crippen molar-refractivity contribution in [2.24, 2.45) is 0 Å². The lowest BCUT2D eigenvalue weighted by atomic mass is 10.1. The van der Waals surface area contributed by atoms with Crippen molar-refractivity contribution in [3.63, 3.8) is 0 Å². The number of hydrogen-bond acceptors (Lipinski definition) is 7. The van der Waals surface area contributed by atoms with Gasteiger partial charge in [-0.1, -0.05) is 23.7 Å². The van der Waals surface area contributed by atoms with Crippen molar-refractivity contribution < 1.29 is 18.7 Å². The molecule has 0 aliphatic heterocycles. The maximum atomic E-state index is 12.4. The third-order valence-electron chi connectivity index (χ3n) is 4.49. The third-order valence-corrected chi connectivity index (χ3v) is 5.66. The van der Waals surface area contributed by atoms with Crippen LogP contribution >= 0.6 is 22.9 Å². The summed E-state index contributed by atoms with van der Waals surface area (Å²) in [6.07, 6.45) is 0.00309. The minimum Gasteiger partial charge on any atom is -0.460 e. The molecule has 0 spiro atoms. The van der Waals surface area contributed by atoms with Crippen LogP contribution in [0.5, 0.6) is 0 Å². The Labute approximate surface area is 191 Å². The van der Waals surface area contributed by atoms with Crippen molar-refractivity contribution in [3.05, 3.63) is 80.6 Å². The summed E-state index contributed by atoms with van der Waals surface area (Å²) in [6.45, 7) is 1.29. The number of carbonyl (C=O) groups is 2. The van der Waals surface area contributed by atoms with E-state index in [1.54, 1.807) is 29.6 Å². The average molecular weight is 469 g/mol. The van der Waals surface area contributed by atoms with Crippen molar-refractivity contribution in [2.75, 3.05) is 5.32 Å². The average Bonchev–Trinajstić information content (AvgIpc) is 3.19. The van der Waals surface area contributed by atoms with Crippen LogP contribution in [0.25, 0.3) is 21.5 Å². The molecule has 0 bridgehead atoms. The highest BCUT2D eigenvalue weighted by Crippen LogP contribution is 2.26. The first-order valence-corrected chi connectivity index (χ1v) is 10.8. The number of fused-ring (bicyclic) bond motifs is 1. The number of thiazole rings is 1. The number of esters is 1. The van der Waals surface area contributed by atoms with E-state index < -0.39 is 11.6 Å². The van der Waals surface area contributed by atoms with Crippen LogP contribution in [0.1, 0.15) is 18.2 Å². The molecule has 0 unspecified atom stereocenters. The summed E-state index contributed by atoms with van der Waals surface area (Å²) in [7, 11) is 0. The van der Waals surface area contributed by atoms with Gasteiger partial charge in [0.1, 0.15) is 17.2 Å². The van der Waals surface area contributed by atoms with Gasteiger partial charge in [-0.05, 0) is 24.3 Å². The van der Waals surface area contributed by atoms with E-state index in [2.05, 4.69) is 10.3 Å². The first-order chi connectivity index (χ1) is 15.4. The highest BCUT2D eigenvalue weighted by atomic mass is 35.5. The van der Waals surface area contributed by atoms with Crippen LogP contribution in [0.3, 0.4) is 0 Å². The van der Waals surface area contributed by atoms with E-state index in [1.165, 1.54) is 24.3 Å². The van der Waals surface area contributed by atoms with Gasteiger partial charge in [-0.15, -0.1) is 11.3 Å². The van der Waals surface area contributed by atoms with Crippen LogP contribution in [-0.2, 0) is 27.4 Å². The number of amides is 1. The first kappa shape index (κ1) is 21.7. The molecule has 0 fully saturated rings. The molecule has 4 aromatic rings. The summed E-state index contributed by atoms with van der Waals surface area (Å²) in [5, 5.41) is 6.42. The lowest BCUT2D eigenvalue weighted by Gasteiger charge is -2.08. The molecule has 4 rings (SSSR count). The number of carbonyl (C=O) groups excluding carboxylic acids is 2. The number of rotatable bonds is 6. The van der Waals surface area contributed by atoms with E-state index in [0.29, 0.717) is 32.9 Å². The SMILES string of the molecule is CC(=O)Nc1ccc2c(COC(=O)Cc3csc(-c4cccc(Cl)c4)n3)cc(=O)oc2c1. The van der Waals surface area contributed by atoms with Crippen LogP contribution in [0.2, 0.25) is 5.02 Å². The van der Waals surface area contributed by atoms with E-state index in [4.69, 9.17) is 20.8 Å². The van der Waals surface area contributed by atoms with Crippen molar-refractivity contribution in [3.8, 4) is 10.6 Å². The van der Waals surface area contributed by atoms with Gasteiger partial charge >= 0.3 is 11.6 Å². The Balaban J connectivity index is 1.45. The second-order valence-electron chi connectivity index (χ2n) is 6.97. The highest BCUT2D eigenvalue weighted by Gasteiger charge is 2.13. The lowest BCUT2D eigenvalue weighted by molar-refractivity contribution is -0.144. The fourth-order valence-electron chi connectivity index (χ4n) is 3.13. The third kappa shape index (κ3) is 5.22. The van der Waals surface area contributed by atoms with Crippen molar-refractivity contribution >= 4 is 51.5 Å². The Morgan fingerprint density at radius 3 is 2.81 bits per heavy atom. The van der Waals surface area contributed by atoms with Gasteiger partial charge in [-0.25, -0.2) is 9.78 Å². The second-order valence-corrected chi connectivity index (χ2v) is 8.27. The van der Waals surface area contributed by atoms with Crippen LogP contribution in [0, 0.1) is 0 Å². The maximum Gasteiger partial charge on any atom is 0.336 e. The van der Waals surface area contributed by atoms with Crippen molar-refractivity contribution in [1.29, 1.82) is 0 Å². The predicted molar refractivity (Wildman–Crippen MR) is 123 cm³/mol. The number of ether oxygens (including phenoxy) is 1. The van der Waals surface area contributed by atoms with Crippen LogP contribution < -0.4 is 10.9 Å². The molecule has 0 atom stereocenters. The molecular formula is C23H17ClN2O5S. The molecule has 0 aliphatic rings. The van der Waals surface area contributed by atoms with Gasteiger partial charge in [-0.3, -0.25) is 9.59 Å². The van der Waals surface area contributed by atoms with Gasteiger partial charge < -0.3 is 14.5 Å². The number of nitrogens with zero attached hydrogens (tertiary/aromatic N) is 1. The summed E-state index contributed by atoms with van der Waals surface area (Å²) < 4.78 is 10.6. The molecular weight excluding hydrogens is 452 g/mol. The number of benzene rings is 2. The van der Waals surface area contributed by atoms with Crippen molar-refractivity contribution in [2.45, 2.75) is 20.0 Å². The number of aromatic nitrogens is 1. The highest BCUT2D eigenvalue weighted by molar-refractivity contribution is 7.13. The van der Waals surface area contributed by atoms with Gasteiger partial charge in [0, 0.05) is 51.7 Å². The lowest BCUT2D eigenvalue weighted by Crippen LogP contribution is -2.10. The van der Waals surface area contributed by atoms with E-state index >= 15 is 0 Å². The zero-order valence-electron chi connectivity index (χ0n) is 16.9. The van der Waals surface area contributed by atoms with Gasteiger partial charge in [0.25, 0.3) is 0 Å². The molecule has 1 N–H and O–H groups in total. The molecule has 2 aromatic heterocycles. The number of halogens is 1. The molecule has 0 radical (unpaired) electrons. The van der Waals surface area contributed by atoms with Crippen LogP contribution in [0.15, 0.2) is 63.1 Å². The zero-order chi connectivity index (χ0) is 22.7. The molecule has 1 amide bonds. The van der Waals surface area contributed by atoms with Crippen LogP contribution in [-0.4, -0.2) is 16.9 Å². The molecule has 0 saturated heterocycles. The molecule has 9 heteroatoms. The second kappa shape index (κ2) is 9.33. The largest absolute Gasteiger partial charge is 0.460 e. The molecule has 162 valence electrons. The molecule has 0 saturated carbocycles. The normalized spacial score (nSPS) is 10.8. The molecule has 2 heterocycles.